The highest BCUT2D eigenvalue weighted by Crippen LogP contribution is 2.06. The molecule has 0 saturated carbocycles. The Bertz CT molecular complexity index is 352. The minimum atomic E-state index is -0.522. The summed E-state index contributed by atoms with van der Waals surface area (Å²) in [5.74, 6) is -0.134. The largest absolute Gasteiger partial charge is 0.389 e. The van der Waals surface area contributed by atoms with E-state index in [1.165, 1.54) is 10.7 Å². The lowest BCUT2D eigenvalue weighted by Crippen LogP contribution is -1.99. The molecule has 1 aromatic rings. The molecule has 0 aliphatic heterocycles. The summed E-state index contributed by atoms with van der Waals surface area (Å²) in [6.45, 7) is 0.621. The van der Waals surface area contributed by atoms with Crippen LogP contribution in [0.15, 0.2) is 12.3 Å². The molecular formula is C8H10N4O2. The molecule has 0 radical (unpaired) electrons. The summed E-state index contributed by atoms with van der Waals surface area (Å²) in [5.41, 5.74) is 0. The fourth-order valence-electron chi connectivity index (χ4n) is 1.05. The van der Waals surface area contributed by atoms with Gasteiger partial charge in [-0.25, -0.2) is 0 Å². The molecule has 6 heteroatoms. The molecule has 0 fully saturated rings. The lowest BCUT2D eigenvalue weighted by atomic mass is 10.2. The molecule has 0 bridgehead atoms. The second kappa shape index (κ2) is 4.97. The van der Waals surface area contributed by atoms with Crippen LogP contribution in [-0.4, -0.2) is 14.7 Å². The molecule has 0 unspecified atom stereocenters. The van der Waals surface area contributed by atoms with E-state index in [-0.39, 0.29) is 5.82 Å². The summed E-state index contributed by atoms with van der Waals surface area (Å²) in [6.07, 6.45) is 3.70. The number of aryl methyl sites for hydroxylation is 1. The Morgan fingerprint density at radius 2 is 2.43 bits per heavy atom. The number of nitriles is 1. The Morgan fingerprint density at radius 3 is 3.00 bits per heavy atom. The molecule has 1 heterocycles. The SMILES string of the molecule is N#CCCCCn1ccc([N+](=O)[O-])n1. The van der Waals surface area contributed by atoms with Crippen molar-refractivity contribution >= 4 is 5.82 Å². The summed E-state index contributed by atoms with van der Waals surface area (Å²) in [6, 6.07) is 3.40. The number of nitro groups is 1. The van der Waals surface area contributed by atoms with Crippen molar-refractivity contribution in [2.75, 3.05) is 0 Å². The van der Waals surface area contributed by atoms with Gasteiger partial charge < -0.3 is 10.1 Å². The van der Waals surface area contributed by atoms with Crippen LogP contribution in [0.2, 0.25) is 0 Å². The second-order valence-electron chi connectivity index (χ2n) is 2.81. The summed E-state index contributed by atoms with van der Waals surface area (Å²) < 4.78 is 1.52. The van der Waals surface area contributed by atoms with Crippen LogP contribution in [0, 0.1) is 21.4 Å². The molecule has 0 saturated heterocycles. The third-order valence-corrected chi connectivity index (χ3v) is 1.74. The van der Waals surface area contributed by atoms with Crippen molar-refractivity contribution < 1.29 is 4.92 Å². The Kier molecular flexibility index (Phi) is 3.61. The number of hydrogen-bond donors (Lipinski definition) is 0. The van der Waals surface area contributed by atoms with Crippen molar-refractivity contribution in [3.63, 3.8) is 0 Å². The molecule has 1 rings (SSSR count). The van der Waals surface area contributed by atoms with Crippen molar-refractivity contribution in [2.45, 2.75) is 25.8 Å². The van der Waals surface area contributed by atoms with E-state index in [4.69, 9.17) is 5.26 Å². The predicted octanol–water partition coefficient (Wildman–Crippen LogP) is 1.49. The van der Waals surface area contributed by atoms with E-state index in [1.54, 1.807) is 6.20 Å². The van der Waals surface area contributed by atoms with Crippen LogP contribution in [0.25, 0.3) is 0 Å². The molecule has 0 atom stereocenters. The maximum Gasteiger partial charge on any atom is 0.389 e. The highest BCUT2D eigenvalue weighted by atomic mass is 16.6. The van der Waals surface area contributed by atoms with E-state index in [9.17, 15) is 10.1 Å². The lowest BCUT2D eigenvalue weighted by Gasteiger charge is -1.93. The van der Waals surface area contributed by atoms with Gasteiger partial charge >= 0.3 is 5.82 Å². The van der Waals surface area contributed by atoms with Gasteiger partial charge in [0.2, 0.25) is 0 Å². The van der Waals surface area contributed by atoms with E-state index in [1.807, 2.05) is 6.07 Å². The van der Waals surface area contributed by atoms with Gasteiger partial charge in [-0.3, -0.25) is 0 Å². The Hall–Kier alpha value is -1.90. The lowest BCUT2D eigenvalue weighted by molar-refractivity contribution is -0.389. The van der Waals surface area contributed by atoms with Gasteiger partial charge in [0, 0.05) is 6.42 Å². The topological polar surface area (TPSA) is 84.8 Å². The van der Waals surface area contributed by atoms with E-state index in [2.05, 4.69) is 5.10 Å². The maximum absolute atomic E-state index is 10.3. The average Bonchev–Trinajstić information content (AvgIpc) is 2.61. The van der Waals surface area contributed by atoms with Gasteiger partial charge in [0.1, 0.15) is 0 Å². The zero-order valence-corrected chi connectivity index (χ0v) is 7.59. The smallest absolute Gasteiger partial charge is 0.358 e. The van der Waals surface area contributed by atoms with Crippen LogP contribution in [0.3, 0.4) is 0 Å². The van der Waals surface area contributed by atoms with Crippen molar-refractivity contribution in [1.29, 1.82) is 5.26 Å². The van der Waals surface area contributed by atoms with Crippen molar-refractivity contribution in [2.24, 2.45) is 0 Å². The molecule has 0 aliphatic carbocycles. The summed E-state index contributed by atoms with van der Waals surface area (Å²) in [5, 5.41) is 22.3. The van der Waals surface area contributed by atoms with E-state index in [0.29, 0.717) is 13.0 Å². The first kappa shape index (κ1) is 10.2. The van der Waals surface area contributed by atoms with Crippen molar-refractivity contribution in [1.82, 2.24) is 9.78 Å². The van der Waals surface area contributed by atoms with Crippen LogP contribution in [0.1, 0.15) is 19.3 Å². The quantitative estimate of drug-likeness (QED) is 0.403. The van der Waals surface area contributed by atoms with Crippen LogP contribution in [0.4, 0.5) is 5.82 Å². The fraction of sp³-hybridized carbons (Fsp3) is 0.500. The van der Waals surface area contributed by atoms with Gasteiger partial charge in [0.15, 0.2) is 0 Å². The Balaban J connectivity index is 2.37. The zero-order valence-electron chi connectivity index (χ0n) is 7.59. The normalized spacial score (nSPS) is 9.64. The number of hydrogen-bond acceptors (Lipinski definition) is 4. The van der Waals surface area contributed by atoms with Gasteiger partial charge in [0.25, 0.3) is 0 Å². The molecule has 6 nitrogen and oxygen atoms in total. The van der Waals surface area contributed by atoms with E-state index < -0.39 is 4.92 Å². The maximum atomic E-state index is 10.3. The van der Waals surface area contributed by atoms with Gasteiger partial charge in [0.05, 0.1) is 30.0 Å². The van der Waals surface area contributed by atoms with Crippen LogP contribution in [0.5, 0.6) is 0 Å². The minimum Gasteiger partial charge on any atom is -0.358 e. The Labute approximate surface area is 80.9 Å². The third-order valence-electron chi connectivity index (χ3n) is 1.74. The average molecular weight is 194 g/mol. The third kappa shape index (κ3) is 2.86. The zero-order chi connectivity index (χ0) is 10.4. The summed E-state index contributed by atoms with van der Waals surface area (Å²) in [4.78, 5) is 9.76. The van der Waals surface area contributed by atoms with Gasteiger partial charge in [-0.2, -0.15) is 9.94 Å². The van der Waals surface area contributed by atoms with Gasteiger partial charge in [-0.1, -0.05) is 0 Å². The highest BCUT2D eigenvalue weighted by molar-refractivity contribution is 5.13. The number of nitrogens with zero attached hydrogens (tertiary/aromatic N) is 4. The summed E-state index contributed by atoms with van der Waals surface area (Å²) >= 11 is 0. The second-order valence-corrected chi connectivity index (χ2v) is 2.81. The van der Waals surface area contributed by atoms with Crippen LogP contribution < -0.4 is 0 Å². The monoisotopic (exact) mass is 194 g/mol. The first-order valence-corrected chi connectivity index (χ1v) is 4.29. The highest BCUT2D eigenvalue weighted by Gasteiger charge is 2.09. The van der Waals surface area contributed by atoms with Gasteiger partial charge in [-0.05, 0) is 17.8 Å². The molecule has 0 amide bonds. The fourth-order valence-corrected chi connectivity index (χ4v) is 1.05. The molecule has 0 spiro atoms. The first-order chi connectivity index (χ1) is 6.74. The van der Waals surface area contributed by atoms with Crippen molar-refractivity contribution in [3.8, 4) is 6.07 Å². The van der Waals surface area contributed by atoms with Crippen molar-refractivity contribution in [3.05, 3.63) is 22.4 Å². The number of unbranched alkanes of at least 4 members (excludes halogenated alkanes) is 2. The molecular weight excluding hydrogens is 184 g/mol. The van der Waals surface area contributed by atoms with Crippen LogP contribution in [-0.2, 0) is 6.54 Å². The van der Waals surface area contributed by atoms with Crippen LogP contribution >= 0.6 is 0 Å². The number of rotatable bonds is 5. The minimum absolute atomic E-state index is 0.134. The molecule has 0 N–H and O–H groups in total. The molecule has 0 aliphatic rings. The first-order valence-electron chi connectivity index (χ1n) is 4.29. The molecule has 1 aromatic heterocycles. The van der Waals surface area contributed by atoms with E-state index in [0.717, 1.165) is 12.8 Å². The predicted molar refractivity (Wildman–Crippen MR) is 48.3 cm³/mol. The molecule has 0 aromatic carbocycles. The Morgan fingerprint density at radius 1 is 1.64 bits per heavy atom. The standard InChI is InChI=1S/C8H10N4O2/c9-5-2-1-3-6-11-7-4-8(10-11)12(13)14/h4,7H,1-3,6H2. The molecule has 74 valence electrons. The summed E-state index contributed by atoms with van der Waals surface area (Å²) in [7, 11) is 0. The number of aromatic nitrogens is 2. The molecule has 14 heavy (non-hydrogen) atoms. The van der Waals surface area contributed by atoms with Gasteiger partial charge in [-0.15, -0.1) is 0 Å². The van der Waals surface area contributed by atoms with E-state index >= 15 is 0 Å².